The largest absolute Gasteiger partial charge is 0.496 e. The second kappa shape index (κ2) is 8.17. The zero-order chi connectivity index (χ0) is 16.8. The van der Waals surface area contributed by atoms with Crippen LogP contribution in [0.4, 0.5) is 5.69 Å². The molecule has 2 rings (SSSR count). The third kappa shape index (κ3) is 4.84. The molecule has 120 valence electrons. The maximum Gasteiger partial charge on any atom is 0.248 e. The van der Waals surface area contributed by atoms with Crippen LogP contribution in [0.5, 0.6) is 11.5 Å². The average Bonchev–Trinajstić information content (AvgIpc) is 2.53. The zero-order valence-corrected chi connectivity index (χ0v) is 15.8. The van der Waals surface area contributed by atoms with E-state index in [9.17, 15) is 4.79 Å². The first-order chi connectivity index (χ1) is 11.0. The van der Waals surface area contributed by atoms with E-state index in [-0.39, 0.29) is 5.91 Å². The van der Waals surface area contributed by atoms with Crippen molar-refractivity contribution < 1.29 is 14.3 Å². The molecule has 0 bridgehead atoms. The van der Waals surface area contributed by atoms with E-state index in [0.717, 1.165) is 14.5 Å². The van der Waals surface area contributed by atoms with Crippen LogP contribution >= 0.6 is 31.9 Å². The maximum absolute atomic E-state index is 12.0. The third-order valence-corrected chi connectivity index (χ3v) is 4.14. The number of hydrogen-bond acceptors (Lipinski definition) is 3. The van der Waals surface area contributed by atoms with Gasteiger partial charge in [-0.15, -0.1) is 0 Å². The van der Waals surface area contributed by atoms with Gasteiger partial charge in [0.05, 0.1) is 18.7 Å². The van der Waals surface area contributed by atoms with Gasteiger partial charge in [-0.3, -0.25) is 4.79 Å². The van der Waals surface area contributed by atoms with Gasteiger partial charge < -0.3 is 14.8 Å². The normalized spacial score (nSPS) is 10.6. The van der Waals surface area contributed by atoms with E-state index in [0.29, 0.717) is 17.2 Å². The highest BCUT2D eigenvalue weighted by atomic mass is 79.9. The van der Waals surface area contributed by atoms with Crippen molar-refractivity contribution >= 4 is 49.5 Å². The first-order valence-electron chi connectivity index (χ1n) is 6.69. The summed E-state index contributed by atoms with van der Waals surface area (Å²) in [5.74, 6) is 1.17. The molecular formula is C17H15Br2NO3. The van der Waals surface area contributed by atoms with Gasteiger partial charge in [0.2, 0.25) is 5.91 Å². The van der Waals surface area contributed by atoms with Crippen LogP contribution in [0.25, 0.3) is 6.08 Å². The van der Waals surface area contributed by atoms with Crippen molar-refractivity contribution in [3.05, 3.63) is 57.0 Å². The van der Waals surface area contributed by atoms with Crippen LogP contribution in [0.3, 0.4) is 0 Å². The van der Waals surface area contributed by atoms with Crippen LogP contribution in [-0.4, -0.2) is 20.1 Å². The van der Waals surface area contributed by atoms with Crippen molar-refractivity contribution in [3.8, 4) is 11.5 Å². The number of amides is 1. The fourth-order valence-electron chi connectivity index (χ4n) is 1.93. The van der Waals surface area contributed by atoms with E-state index in [2.05, 4.69) is 37.2 Å². The number of nitrogens with one attached hydrogen (secondary N) is 1. The number of carbonyl (C=O) groups excluding carboxylic acids is 1. The fraction of sp³-hybridized carbons (Fsp3) is 0.118. The Morgan fingerprint density at radius 1 is 1.04 bits per heavy atom. The highest BCUT2D eigenvalue weighted by molar-refractivity contribution is 9.10. The highest BCUT2D eigenvalue weighted by Crippen LogP contribution is 2.28. The molecule has 0 heterocycles. The summed E-state index contributed by atoms with van der Waals surface area (Å²) in [7, 11) is 3.18. The van der Waals surface area contributed by atoms with Gasteiger partial charge in [0.15, 0.2) is 0 Å². The average molecular weight is 441 g/mol. The first kappa shape index (κ1) is 17.6. The smallest absolute Gasteiger partial charge is 0.248 e. The second-order valence-electron chi connectivity index (χ2n) is 4.56. The van der Waals surface area contributed by atoms with Crippen LogP contribution in [-0.2, 0) is 4.79 Å². The van der Waals surface area contributed by atoms with Gasteiger partial charge >= 0.3 is 0 Å². The highest BCUT2D eigenvalue weighted by Gasteiger charge is 2.04. The van der Waals surface area contributed by atoms with Crippen molar-refractivity contribution in [1.29, 1.82) is 0 Å². The van der Waals surface area contributed by atoms with Crippen LogP contribution in [0.2, 0.25) is 0 Å². The van der Waals surface area contributed by atoms with Gasteiger partial charge in [0.1, 0.15) is 11.5 Å². The Balaban J connectivity index is 2.10. The molecule has 2 aromatic rings. The first-order valence-corrected chi connectivity index (χ1v) is 8.28. The van der Waals surface area contributed by atoms with Gasteiger partial charge in [-0.05, 0) is 58.4 Å². The quantitative estimate of drug-likeness (QED) is 0.674. The number of ether oxygens (including phenoxy) is 2. The topological polar surface area (TPSA) is 47.6 Å². The molecule has 0 unspecified atom stereocenters. The zero-order valence-electron chi connectivity index (χ0n) is 12.6. The summed E-state index contributed by atoms with van der Waals surface area (Å²) in [6.45, 7) is 0. The monoisotopic (exact) mass is 439 g/mol. The molecule has 6 heteroatoms. The Bertz CT molecular complexity index is 745. The summed E-state index contributed by atoms with van der Waals surface area (Å²) in [5.41, 5.74) is 1.49. The number of anilines is 1. The molecule has 0 spiro atoms. The number of carbonyl (C=O) groups is 1. The van der Waals surface area contributed by atoms with Crippen molar-refractivity contribution in [1.82, 2.24) is 0 Å². The van der Waals surface area contributed by atoms with E-state index < -0.39 is 0 Å². The maximum atomic E-state index is 12.0. The Kier molecular flexibility index (Phi) is 6.24. The molecular weight excluding hydrogens is 426 g/mol. The Morgan fingerprint density at radius 3 is 2.39 bits per heavy atom. The van der Waals surface area contributed by atoms with Gasteiger partial charge in [0, 0.05) is 21.8 Å². The molecule has 0 radical (unpaired) electrons. The number of benzene rings is 2. The van der Waals surface area contributed by atoms with Crippen LogP contribution in [0.15, 0.2) is 51.4 Å². The lowest BCUT2D eigenvalue weighted by molar-refractivity contribution is -0.111. The van der Waals surface area contributed by atoms with Crippen molar-refractivity contribution in [2.24, 2.45) is 0 Å². The minimum Gasteiger partial charge on any atom is -0.496 e. The lowest BCUT2D eigenvalue weighted by Crippen LogP contribution is -2.07. The molecule has 2 aromatic carbocycles. The fourth-order valence-corrected chi connectivity index (χ4v) is 2.85. The van der Waals surface area contributed by atoms with Crippen molar-refractivity contribution in [2.75, 3.05) is 19.5 Å². The molecule has 0 fully saturated rings. The molecule has 0 atom stereocenters. The van der Waals surface area contributed by atoms with Crippen LogP contribution in [0.1, 0.15) is 5.56 Å². The Hall–Kier alpha value is -1.79. The summed E-state index contributed by atoms with van der Waals surface area (Å²) in [6.07, 6.45) is 3.17. The van der Waals surface area contributed by atoms with E-state index in [1.165, 1.54) is 6.08 Å². The molecule has 4 nitrogen and oxygen atoms in total. The predicted molar refractivity (Wildman–Crippen MR) is 99.1 cm³/mol. The van der Waals surface area contributed by atoms with Crippen LogP contribution < -0.4 is 14.8 Å². The lowest BCUT2D eigenvalue weighted by atomic mass is 10.2. The molecule has 0 aliphatic heterocycles. The molecule has 1 N–H and O–H groups in total. The molecule has 23 heavy (non-hydrogen) atoms. The summed E-state index contributed by atoms with van der Waals surface area (Å²) in [5, 5.41) is 2.79. The predicted octanol–water partition coefficient (Wildman–Crippen LogP) is 4.88. The summed E-state index contributed by atoms with van der Waals surface area (Å²) >= 11 is 6.78. The number of rotatable bonds is 5. The summed E-state index contributed by atoms with van der Waals surface area (Å²) < 4.78 is 12.1. The van der Waals surface area contributed by atoms with E-state index in [1.807, 2.05) is 18.2 Å². The summed E-state index contributed by atoms with van der Waals surface area (Å²) in [6, 6.07) is 10.9. The minimum absolute atomic E-state index is 0.232. The Labute approximate surface area is 151 Å². The van der Waals surface area contributed by atoms with E-state index in [1.54, 1.807) is 38.5 Å². The number of halogens is 2. The SMILES string of the molecule is COc1ccc(NC(=O)C=Cc2cc(Br)ccc2OC)cc1Br. The van der Waals surface area contributed by atoms with Crippen molar-refractivity contribution in [2.45, 2.75) is 0 Å². The van der Waals surface area contributed by atoms with Crippen LogP contribution in [0, 0.1) is 0 Å². The van der Waals surface area contributed by atoms with Gasteiger partial charge in [-0.25, -0.2) is 0 Å². The van der Waals surface area contributed by atoms with Crippen molar-refractivity contribution in [3.63, 3.8) is 0 Å². The Morgan fingerprint density at radius 2 is 1.74 bits per heavy atom. The molecule has 0 aliphatic rings. The molecule has 0 aromatic heterocycles. The lowest BCUT2D eigenvalue weighted by Gasteiger charge is -2.07. The van der Waals surface area contributed by atoms with E-state index >= 15 is 0 Å². The molecule has 0 saturated heterocycles. The molecule has 0 saturated carbocycles. The minimum atomic E-state index is -0.232. The third-order valence-electron chi connectivity index (χ3n) is 3.03. The molecule has 0 aliphatic carbocycles. The van der Waals surface area contributed by atoms with Gasteiger partial charge in [-0.1, -0.05) is 15.9 Å². The molecule has 1 amide bonds. The number of hydrogen-bond donors (Lipinski definition) is 1. The second-order valence-corrected chi connectivity index (χ2v) is 6.33. The number of methoxy groups -OCH3 is 2. The van der Waals surface area contributed by atoms with Gasteiger partial charge in [0.25, 0.3) is 0 Å². The standard InChI is InChI=1S/C17H15Br2NO3/c1-22-15-6-4-12(18)9-11(15)3-8-17(21)20-13-5-7-16(23-2)14(19)10-13/h3-10H,1-2H3,(H,20,21). The summed E-state index contributed by atoms with van der Waals surface area (Å²) in [4.78, 5) is 12.0. The van der Waals surface area contributed by atoms with E-state index in [4.69, 9.17) is 9.47 Å². The van der Waals surface area contributed by atoms with Gasteiger partial charge in [-0.2, -0.15) is 0 Å².